The van der Waals surface area contributed by atoms with Gasteiger partial charge in [-0.15, -0.1) is 0 Å². The summed E-state index contributed by atoms with van der Waals surface area (Å²) in [4.78, 5) is 260. The summed E-state index contributed by atoms with van der Waals surface area (Å²) in [5.41, 5.74) is 2.19. The minimum Gasteiger partial charge on any atom is -0.481 e. The first-order chi connectivity index (χ1) is 69.9. The van der Waals surface area contributed by atoms with Gasteiger partial charge in [-0.1, -0.05) is 102 Å². The Labute approximate surface area is 903 Å². The topological polar surface area (TPSA) is 628 Å². The summed E-state index contributed by atoms with van der Waals surface area (Å²) < 4.78 is 16.9. The van der Waals surface area contributed by atoms with E-state index in [1.54, 1.807) is 95.2 Å². The van der Waals surface area contributed by atoms with E-state index in [4.69, 9.17) is 25.8 Å². The van der Waals surface area contributed by atoms with Crippen molar-refractivity contribution in [1.82, 2.24) is 98.3 Å². The molecule has 13 amide bonds. The van der Waals surface area contributed by atoms with Gasteiger partial charge in [0.25, 0.3) is 0 Å². The van der Waals surface area contributed by atoms with E-state index < -0.39 is 187 Å². The zero-order chi connectivity index (χ0) is 108. The molecule has 9 atom stereocenters. The van der Waals surface area contributed by atoms with Gasteiger partial charge in [-0.3, -0.25) is 106 Å². The van der Waals surface area contributed by atoms with Gasteiger partial charge in [0, 0.05) is 223 Å². The molecule has 1 saturated heterocycles. The van der Waals surface area contributed by atoms with Crippen LogP contribution in [0.15, 0.2) is 79.1 Å². The van der Waals surface area contributed by atoms with Gasteiger partial charge in [-0.25, -0.2) is 0 Å². The molecule has 1 radical (unpaired) electrons. The fourth-order valence-corrected chi connectivity index (χ4v) is 18.2. The first kappa shape index (κ1) is 126. The second-order valence-corrected chi connectivity index (χ2v) is 40.5. The van der Waals surface area contributed by atoms with E-state index >= 15 is 9.59 Å². The van der Waals surface area contributed by atoms with E-state index in [0.29, 0.717) is 107 Å². The van der Waals surface area contributed by atoms with Gasteiger partial charge >= 0.3 is 29.8 Å². The number of aromatic nitrogens is 2. The first-order valence-electron chi connectivity index (χ1n) is 49.5. The number of nitrogens with one attached hydrogen (secondary N) is 14. The third-order valence-corrected chi connectivity index (χ3v) is 26.7. The van der Waals surface area contributed by atoms with Crippen molar-refractivity contribution in [2.45, 2.75) is 198 Å². The number of nitrogens with zero attached hydrogens (tertiary/aromatic N) is 5. The van der Waals surface area contributed by atoms with E-state index in [0.717, 1.165) is 16.0 Å². The second kappa shape index (κ2) is 66.0. The summed E-state index contributed by atoms with van der Waals surface area (Å²) in [6.07, 6.45) is 0.823. The number of aromatic amines is 2. The van der Waals surface area contributed by atoms with Crippen LogP contribution in [0.1, 0.15) is 142 Å². The van der Waals surface area contributed by atoms with Crippen LogP contribution in [0.4, 0.5) is 0 Å². The van der Waals surface area contributed by atoms with Crippen LogP contribution in [-0.2, 0) is 125 Å². The number of aliphatic carboxylic acids is 5. The van der Waals surface area contributed by atoms with Crippen molar-refractivity contribution in [3.63, 3.8) is 0 Å². The quantitative estimate of drug-likeness (QED) is 0.0245. The number of halogens is 1. The third kappa shape index (κ3) is 46.7. The fraction of sp³-hybridized carbons (Fsp3) is 0.596. The molecule has 0 aliphatic carbocycles. The molecule has 0 spiro atoms. The predicted octanol–water partition coefficient (Wildman–Crippen LogP) is 1.41. The number of thioether (sulfide) groups is 2. The maximum atomic E-state index is 15.3. The van der Waals surface area contributed by atoms with Crippen LogP contribution in [0.5, 0.6) is 0 Å². The summed E-state index contributed by atoms with van der Waals surface area (Å²) in [5, 5.41) is 82.7. The largest absolute Gasteiger partial charge is 0.481 e. The molecule has 2 aromatic heterocycles. The molecule has 49 heteroatoms. The predicted molar refractivity (Wildman–Crippen MR) is 549 cm³/mol. The Morgan fingerprint density at radius 3 is 1.60 bits per heavy atom. The average molecular weight is 2290 g/mol. The summed E-state index contributed by atoms with van der Waals surface area (Å²) >= 11 is 9.38. The zero-order valence-corrected chi connectivity index (χ0v) is 89.3. The van der Waals surface area contributed by atoms with Crippen LogP contribution in [0.25, 0.3) is 21.8 Å². The number of hydrogen-bond acceptors (Lipinski definition) is 27. The minimum absolute atomic E-state index is 0. The number of fused-ring (bicyclic) bond motifs is 4. The normalized spacial score (nSPS) is 17.6. The van der Waals surface area contributed by atoms with Gasteiger partial charge in [0.05, 0.1) is 65.6 Å². The van der Waals surface area contributed by atoms with Gasteiger partial charge in [0.15, 0.2) is 0 Å². The summed E-state index contributed by atoms with van der Waals surface area (Å²) in [5.74, 6) is -15.8. The molecule has 4 heterocycles. The zero-order valence-electron chi connectivity index (χ0n) is 85.2. The maximum absolute atomic E-state index is 15.3. The number of likely N-dealkylation sites (N-methyl/N-ethyl adjacent to an activating group) is 1. The summed E-state index contributed by atoms with van der Waals surface area (Å²) in [6.45, 7) is 16.3. The van der Waals surface area contributed by atoms with E-state index in [1.807, 2.05) is 56.9 Å². The standard InChI is InChI=1S/C99H146ClN19O26S2.Lu/c1-10-63(6)89-96(140)103-28-43-146-58-64-16-13-17-65(46-64)59-147-60-79(95(139)114-99(7,8)98(142)112-75(45-62(4)5)94(138)113-89)111-91(135)74(44-61(2)3)108-90(134)73(22-25-84(124)125)106-83(123)53-115(9)97(141)78(48-67-52-105-72-21-20-68(100)49-70(67)72)110-92(136)76(47-66-51-104-71-19-12-11-18-69(66)71)109-93(137)77(50-85(126)127)107-81(121)24-23-80(120)101-26-14-37-143-39-41-145-42-40-144-38-15-27-102-82(122)54-116-29-31-117(55-86(128)129)33-35-119(57-88(132)133)36-34-118(32-30-116)56-87(130)131;/h11-13,16-21,46,49,51-52,61-63,73-79,89,104-105H,10,14-15,22-45,47-48,50,53-60H2,1-9H3,(H,101,120)(H,102,122)(H,103,140)(H,106,123)(H,107,121)(H,108,134)(H,109,137)(H,110,136)(H,111,135)(H,112,142)(H,113,138)(H,114,139)(H,124,125)(H,126,127)(H,128,129)(H,130,131)(H,132,133);/t63-,73-,74+,75-,76-,77-,78-,79-,89-;/m0./s1. The molecule has 5 aromatic rings. The Kier molecular flexibility index (Phi) is 56.1. The molecule has 0 saturated carbocycles. The van der Waals surface area contributed by atoms with Gasteiger partial charge in [-0.05, 0) is 110 Å². The van der Waals surface area contributed by atoms with E-state index in [2.05, 4.69) is 73.8 Å². The van der Waals surface area contributed by atoms with Crippen LogP contribution in [0.3, 0.4) is 0 Å². The Bertz CT molecular complexity index is 5220. The number of amides is 13. The second-order valence-electron chi connectivity index (χ2n) is 38.0. The van der Waals surface area contributed by atoms with Crippen LogP contribution < -0.4 is 63.8 Å². The first-order valence-corrected chi connectivity index (χ1v) is 52.2. The van der Waals surface area contributed by atoms with Gasteiger partial charge in [-0.2, -0.15) is 23.5 Å². The Hall–Kier alpha value is -10.9. The molecular weight excluding hydrogens is 2150 g/mol. The molecule has 0 unspecified atom stereocenters. The number of hydrogen-bond donors (Lipinski definition) is 19. The molecule has 2 aliphatic heterocycles. The Morgan fingerprint density at radius 2 is 1.03 bits per heavy atom. The summed E-state index contributed by atoms with van der Waals surface area (Å²) in [6, 6.07) is 7.82. The molecule has 2 aliphatic rings. The number of carboxylic acids is 5. The number of ether oxygens (including phenoxy) is 3. The molecular formula is C99H146ClLuN19O26S2. The maximum Gasteiger partial charge on any atom is 0.317 e. The van der Waals surface area contributed by atoms with Crippen molar-refractivity contribution < 1.29 is 163 Å². The van der Waals surface area contributed by atoms with E-state index in [1.165, 1.54) is 32.7 Å². The van der Waals surface area contributed by atoms with E-state index in [-0.39, 0.29) is 203 Å². The van der Waals surface area contributed by atoms with Crippen molar-refractivity contribution in [1.29, 1.82) is 0 Å². The summed E-state index contributed by atoms with van der Waals surface area (Å²) in [7, 11) is 1.21. The number of carboxylic acid groups (broad SMARTS) is 5. The van der Waals surface area contributed by atoms with Crippen molar-refractivity contribution in [2.75, 3.05) is 163 Å². The van der Waals surface area contributed by atoms with Crippen molar-refractivity contribution in [3.8, 4) is 0 Å². The molecule has 148 heavy (non-hydrogen) atoms. The Balaban J connectivity index is 0.0000334. The molecule has 19 N–H and O–H groups in total. The monoisotopic (exact) mass is 2290 g/mol. The van der Waals surface area contributed by atoms with Crippen LogP contribution >= 0.6 is 35.1 Å². The number of H-pyrrole nitrogens is 2. The number of para-hydroxylation sites is 1. The van der Waals surface area contributed by atoms with Crippen LogP contribution in [0.2, 0.25) is 5.02 Å². The van der Waals surface area contributed by atoms with Crippen LogP contribution in [0, 0.1) is 54.6 Å². The molecule has 2 bridgehead atoms. The number of carbonyl (C=O) groups excluding carboxylic acids is 13. The van der Waals surface area contributed by atoms with Crippen LogP contribution in [-0.4, -0.2) is 383 Å². The average Bonchev–Trinajstić information content (AvgIpc) is 1.67. The fourth-order valence-electron chi connectivity index (χ4n) is 16.2. The van der Waals surface area contributed by atoms with Crippen molar-refractivity contribution >= 4 is 164 Å². The van der Waals surface area contributed by atoms with Crippen molar-refractivity contribution in [2.24, 2.45) is 17.8 Å². The number of carbonyl (C=O) groups is 18. The van der Waals surface area contributed by atoms with Gasteiger partial charge < -0.3 is 118 Å². The van der Waals surface area contributed by atoms with Crippen molar-refractivity contribution in [3.05, 3.63) is 106 Å². The smallest absolute Gasteiger partial charge is 0.317 e. The Morgan fingerprint density at radius 1 is 0.520 bits per heavy atom. The third-order valence-electron chi connectivity index (χ3n) is 24.3. The van der Waals surface area contributed by atoms with E-state index in [9.17, 15) is 102 Å². The SMILES string of the molecule is CC[C@H](C)[C@@H]1NC(=O)[C@H](CC(C)C)NC(=O)C(C)(C)NC(=O)[C@@H](NC(=O)[C@@H](CC(C)C)NC(=O)[C@H](CCC(=O)O)NC(=O)CN(C)C(=O)[C@H](Cc2c[nH]c3ccc(Cl)cc23)NC(=O)[C@H](Cc2c[nH]c3ccccc23)NC(=O)[C@H](CC(=O)O)NC(=O)CCC(=O)NCCCOCCOCCOCCCNC(=O)CN2CCN(CC(=O)O)CCN(CC(=O)O)CCN(CC(=O)O)CC2)CSCc2cccc(c2)CSCCNC1=O.[Lu]. The number of rotatable bonds is 53. The van der Waals surface area contributed by atoms with Gasteiger partial charge in [0.2, 0.25) is 76.8 Å². The molecule has 3 aromatic carbocycles. The molecule has 1 fully saturated rings. The molecule has 45 nitrogen and oxygen atoms in total. The molecule has 7 rings (SSSR count). The molecule has 827 valence electrons. The van der Waals surface area contributed by atoms with Gasteiger partial charge in [0.1, 0.15) is 53.9 Å². The number of benzene rings is 3. The minimum atomic E-state index is -1.84.